The van der Waals surface area contributed by atoms with Crippen molar-refractivity contribution in [2.75, 3.05) is 7.11 Å². The van der Waals surface area contributed by atoms with Crippen LogP contribution in [0.15, 0.2) is 78.9 Å². The second-order valence-electron chi connectivity index (χ2n) is 5.52. The van der Waals surface area contributed by atoms with Gasteiger partial charge in [0.05, 0.1) is 13.7 Å². The molecule has 3 aromatic rings. The van der Waals surface area contributed by atoms with Crippen LogP contribution in [-0.2, 0) is 6.61 Å². The molecule has 0 radical (unpaired) electrons. The molecule has 0 aliphatic rings. The Bertz CT molecular complexity index is 684. The molecule has 0 amide bonds. The highest BCUT2D eigenvalue weighted by Gasteiger charge is 2.16. The van der Waals surface area contributed by atoms with E-state index in [9.17, 15) is 5.11 Å². The van der Waals surface area contributed by atoms with Gasteiger partial charge < -0.3 is 9.84 Å². The van der Waals surface area contributed by atoms with Crippen molar-refractivity contribution in [1.29, 1.82) is 0 Å². The highest BCUT2D eigenvalue weighted by Crippen LogP contribution is 2.32. The molecule has 1 unspecified atom stereocenters. The monoisotopic (exact) mass is 304 g/mol. The molecule has 0 spiro atoms. The van der Waals surface area contributed by atoms with Crippen LogP contribution in [0.4, 0.5) is 0 Å². The summed E-state index contributed by atoms with van der Waals surface area (Å²) in [7, 11) is 1.68. The summed E-state index contributed by atoms with van der Waals surface area (Å²) < 4.78 is 5.26. The van der Waals surface area contributed by atoms with E-state index in [1.807, 2.05) is 30.3 Å². The van der Waals surface area contributed by atoms with Gasteiger partial charge in [0.1, 0.15) is 5.75 Å². The molecule has 0 saturated carbocycles. The smallest absolute Gasteiger partial charge is 0.118 e. The molecule has 116 valence electrons. The number of hydrogen-bond acceptors (Lipinski definition) is 2. The summed E-state index contributed by atoms with van der Waals surface area (Å²) in [6.45, 7) is 0.0683. The molecule has 0 aliphatic heterocycles. The molecule has 1 N–H and O–H groups in total. The van der Waals surface area contributed by atoms with E-state index in [0.717, 1.165) is 11.3 Å². The average molecular weight is 304 g/mol. The van der Waals surface area contributed by atoms with E-state index < -0.39 is 0 Å². The summed E-state index contributed by atoms with van der Waals surface area (Å²) in [5, 5.41) is 9.24. The number of methoxy groups -OCH3 is 1. The Kier molecular flexibility index (Phi) is 4.74. The SMILES string of the molecule is COc1ccc(C(c2ccccc2)c2ccc(CO)cc2)cc1. The summed E-state index contributed by atoms with van der Waals surface area (Å²) in [6, 6.07) is 26.8. The fourth-order valence-electron chi connectivity index (χ4n) is 2.83. The van der Waals surface area contributed by atoms with Crippen molar-refractivity contribution >= 4 is 0 Å². The van der Waals surface area contributed by atoms with Gasteiger partial charge in [-0.3, -0.25) is 0 Å². The lowest BCUT2D eigenvalue weighted by Crippen LogP contribution is -2.03. The van der Waals surface area contributed by atoms with Crippen molar-refractivity contribution < 1.29 is 9.84 Å². The number of rotatable bonds is 5. The zero-order valence-electron chi connectivity index (χ0n) is 13.1. The maximum atomic E-state index is 9.24. The van der Waals surface area contributed by atoms with Gasteiger partial charge in [0.15, 0.2) is 0 Å². The third kappa shape index (κ3) is 3.43. The minimum absolute atomic E-state index is 0.0683. The van der Waals surface area contributed by atoms with E-state index in [1.165, 1.54) is 16.7 Å². The molecule has 0 fully saturated rings. The number of benzene rings is 3. The van der Waals surface area contributed by atoms with Crippen molar-refractivity contribution in [3.8, 4) is 5.75 Å². The zero-order valence-corrected chi connectivity index (χ0v) is 13.1. The molecule has 2 nitrogen and oxygen atoms in total. The molecule has 0 aliphatic carbocycles. The van der Waals surface area contributed by atoms with E-state index in [1.54, 1.807) is 7.11 Å². The lowest BCUT2D eigenvalue weighted by atomic mass is 9.85. The van der Waals surface area contributed by atoms with Crippen molar-refractivity contribution in [2.24, 2.45) is 0 Å². The largest absolute Gasteiger partial charge is 0.497 e. The quantitative estimate of drug-likeness (QED) is 0.709. The topological polar surface area (TPSA) is 29.5 Å². The van der Waals surface area contributed by atoms with E-state index in [4.69, 9.17) is 4.74 Å². The van der Waals surface area contributed by atoms with E-state index in [-0.39, 0.29) is 12.5 Å². The fourth-order valence-corrected chi connectivity index (χ4v) is 2.83. The first-order valence-corrected chi connectivity index (χ1v) is 7.70. The average Bonchev–Trinajstić information content (AvgIpc) is 2.64. The van der Waals surface area contributed by atoms with Gasteiger partial charge in [0, 0.05) is 5.92 Å². The van der Waals surface area contributed by atoms with Crippen LogP contribution in [-0.4, -0.2) is 12.2 Å². The molecule has 0 aromatic heterocycles. The zero-order chi connectivity index (χ0) is 16.1. The highest BCUT2D eigenvalue weighted by molar-refractivity contribution is 5.44. The van der Waals surface area contributed by atoms with Gasteiger partial charge in [-0.05, 0) is 34.4 Å². The predicted molar refractivity (Wildman–Crippen MR) is 92.7 cm³/mol. The number of hydrogen-bond donors (Lipinski definition) is 1. The van der Waals surface area contributed by atoms with E-state index in [0.29, 0.717) is 0 Å². The van der Waals surface area contributed by atoms with Crippen molar-refractivity contribution in [3.05, 3.63) is 101 Å². The van der Waals surface area contributed by atoms with Crippen molar-refractivity contribution in [2.45, 2.75) is 12.5 Å². The van der Waals surface area contributed by atoms with Gasteiger partial charge in [0.25, 0.3) is 0 Å². The summed E-state index contributed by atoms with van der Waals surface area (Å²) in [6.07, 6.45) is 0. The minimum atomic E-state index is 0.0683. The number of ether oxygens (including phenoxy) is 1. The molecule has 1 atom stereocenters. The van der Waals surface area contributed by atoms with Crippen LogP contribution < -0.4 is 4.74 Å². The molecule has 2 heteroatoms. The Balaban J connectivity index is 2.05. The predicted octanol–water partition coefficient (Wildman–Crippen LogP) is 4.37. The molecule has 3 aromatic carbocycles. The van der Waals surface area contributed by atoms with Gasteiger partial charge in [-0.1, -0.05) is 66.7 Å². The third-order valence-electron chi connectivity index (χ3n) is 4.08. The standard InChI is InChI=1S/C21H20O2/c1-23-20-13-11-19(12-14-20)21(17-5-3-2-4-6-17)18-9-7-16(15-22)8-10-18/h2-14,21-22H,15H2,1H3. The lowest BCUT2D eigenvalue weighted by molar-refractivity contribution is 0.282. The van der Waals surface area contributed by atoms with Crippen LogP contribution in [0.5, 0.6) is 5.75 Å². The second-order valence-corrected chi connectivity index (χ2v) is 5.52. The first-order chi connectivity index (χ1) is 11.3. The van der Waals surface area contributed by atoms with Gasteiger partial charge in [0.2, 0.25) is 0 Å². The third-order valence-corrected chi connectivity index (χ3v) is 4.08. The number of aliphatic hydroxyl groups is 1. The molecule has 23 heavy (non-hydrogen) atoms. The molecular formula is C21H20O2. The van der Waals surface area contributed by atoms with Crippen molar-refractivity contribution in [1.82, 2.24) is 0 Å². The van der Waals surface area contributed by atoms with Crippen LogP contribution in [0.25, 0.3) is 0 Å². The Labute approximate surface area is 137 Å². The van der Waals surface area contributed by atoms with Crippen LogP contribution in [0.1, 0.15) is 28.2 Å². The first-order valence-electron chi connectivity index (χ1n) is 7.70. The van der Waals surface area contributed by atoms with Crippen LogP contribution in [0.2, 0.25) is 0 Å². The van der Waals surface area contributed by atoms with Gasteiger partial charge in [-0.15, -0.1) is 0 Å². The van der Waals surface area contributed by atoms with Crippen molar-refractivity contribution in [3.63, 3.8) is 0 Å². The maximum Gasteiger partial charge on any atom is 0.118 e. The first kappa shape index (κ1) is 15.3. The van der Waals surface area contributed by atoms with E-state index in [2.05, 4.69) is 48.5 Å². The van der Waals surface area contributed by atoms with Gasteiger partial charge in [-0.2, -0.15) is 0 Å². The molecule has 0 heterocycles. The molecular weight excluding hydrogens is 284 g/mol. The Morgan fingerprint density at radius 1 is 0.739 bits per heavy atom. The Morgan fingerprint density at radius 2 is 1.26 bits per heavy atom. The van der Waals surface area contributed by atoms with E-state index >= 15 is 0 Å². The van der Waals surface area contributed by atoms with Gasteiger partial charge >= 0.3 is 0 Å². The molecule has 0 bridgehead atoms. The summed E-state index contributed by atoms with van der Waals surface area (Å²) >= 11 is 0. The maximum absolute atomic E-state index is 9.24. The second kappa shape index (κ2) is 7.12. The highest BCUT2D eigenvalue weighted by atomic mass is 16.5. The minimum Gasteiger partial charge on any atom is -0.497 e. The number of aliphatic hydroxyl groups excluding tert-OH is 1. The van der Waals surface area contributed by atoms with Crippen LogP contribution >= 0.6 is 0 Å². The summed E-state index contributed by atoms with van der Waals surface area (Å²) in [4.78, 5) is 0. The van der Waals surface area contributed by atoms with Crippen LogP contribution in [0.3, 0.4) is 0 Å². The normalized spacial score (nSPS) is 11.9. The Hall–Kier alpha value is -2.58. The Morgan fingerprint density at radius 3 is 1.78 bits per heavy atom. The summed E-state index contributed by atoms with van der Waals surface area (Å²) in [5.74, 6) is 1.02. The fraction of sp³-hybridized carbons (Fsp3) is 0.143. The van der Waals surface area contributed by atoms with Gasteiger partial charge in [-0.25, -0.2) is 0 Å². The molecule has 3 rings (SSSR count). The molecule has 0 saturated heterocycles. The summed E-state index contributed by atoms with van der Waals surface area (Å²) in [5.41, 5.74) is 4.59. The lowest BCUT2D eigenvalue weighted by Gasteiger charge is -2.19. The van der Waals surface area contributed by atoms with Crippen LogP contribution in [0, 0.1) is 0 Å².